The Balaban J connectivity index is 1.57. The largest absolute Gasteiger partial charge is 0.207 e. The molecule has 0 aliphatic heterocycles. The third-order valence-corrected chi connectivity index (χ3v) is 5.04. The first-order valence-electron chi connectivity index (χ1n) is 9.62. The van der Waals surface area contributed by atoms with Gasteiger partial charge in [0.05, 0.1) is 0 Å². The number of rotatable bonds is 2. The van der Waals surface area contributed by atoms with Crippen molar-refractivity contribution in [3.05, 3.63) is 71.0 Å². The summed E-state index contributed by atoms with van der Waals surface area (Å²) in [6.45, 7) is 2.28. The molecule has 0 saturated heterocycles. The Hall–Kier alpha value is -2.51. The molecule has 132 valence electrons. The molecule has 1 aliphatic rings. The zero-order valence-corrected chi connectivity index (χ0v) is 15.4. The third kappa shape index (κ3) is 5.50. The van der Waals surface area contributed by atoms with E-state index in [0.717, 1.165) is 22.6 Å². The molecule has 2 aromatic rings. The summed E-state index contributed by atoms with van der Waals surface area (Å²) in [7, 11) is 0. The van der Waals surface area contributed by atoms with Crippen LogP contribution >= 0.6 is 0 Å². The van der Waals surface area contributed by atoms with Crippen molar-refractivity contribution in [1.82, 2.24) is 0 Å². The Morgan fingerprint density at radius 1 is 0.769 bits per heavy atom. The first-order chi connectivity index (χ1) is 12.7. The molecule has 0 heterocycles. The normalized spacial score (nSPS) is 19.0. The summed E-state index contributed by atoms with van der Waals surface area (Å²) in [5.41, 5.74) is 2.81. The highest BCUT2D eigenvalue weighted by molar-refractivity contribution is 5.45. The summed E-state index contributed by atoms with van der Waals surface area (Å²) in [6, 6.07) is 14.3. The minimum Gasteiger partial charge on any atom is -0.207 e. The van der Waals surface area contributed by atoms with Crippen LogP contribution in [0.1, 0.15) is 62.1 Å². The quantitative estimate of drug-likeness (QED) is 0.570. The zero-order chi connectivity index (χ0) is 18.2. The van der Waals surface area contributed by atoms with E-state index < -0.39 is 0 Å². The lowest BCUT2D eigenvalue weighted by molar-refractivity contribution is 0.300. The molecule has 0 radical (unpaired) electrons. The van der Waals surface area contributed by atoms with Gasteiger partial charge in [-0.25, -0.2) is 4.39 Å². The van der Waals surface area contributed by atoms with Gasteiger partial charge in [-0.1, -0.05) is 43.4 Å². The molecule has 0 atom stereocenters. The predicted molar refractivity (Wildman–Crippen MR) is 106 cm³/mol. The molecular formula is C25H25F. The van der Waals surface area contributed by atoms with Crippen molar-refractivity contribution in [2.24, 2.45) is 11.8 Å². The van der Waals surface area contributed by atoms with Crippen LogP contribution in [0.3, 0.4) is 0 Å². The molecule has 26 heavy (non-hydrogen) atoms. The van der Waals surface area contributed by atoms with Gasteiger partial charge in [-0.3, -0.25) is 0 Å². The maximum absolute atomic E-state index is 12.9. The minimum atomic E-state index is -0.239. The smallest absolute Gasteiger partial charge is 0.123 e. The zero-order valence-electron chi connectivity index (χ0n) is 15.4. The molecule has 0 amide bonds. The minimum absolute atomic E-state index is 0.239. The van der Waals surface area contributed by atoms with Gasteiger partial charge in [-0.2, -0.15) is 0 Å². The van der Waals surface area contributed by atoms with Crippen LogP contribution in [0.4, 0.5) is 4.39 Å². The molecule has 3 rings (SSSR count). The average molecular weight is 344 g/mol. The van der Waals surface area contributed by atoms with E-state index in [0.29, 0.717) is 5.92 Å². The molecule has 1 saturated carbocycles. The molecule has 1 aliphatic carbocycles. The molecule has 1 fully saturated rings. The van der Waals surface area contributed by atoms with Crippen LogP contribution in [0.5, 0.6) is 0 Å². The lowest BCUT2D eigenvalue weighted by Crippen LogP contribution is -2.13. The lowest BCUT2D eigenvalue weighted by atomic mass is 9.80. The SMILES string of the molecule is CCCC1CCC(C#Cc2ccc(C#Cc3ccc(F)cc3)cc2)CC1. The summed E-state index contributed by atoms with van der Waals surface area (Å²) in [4.78, 5) is 0. The summed E-state index contributed by atoms with van der Waals surface area (Å²) in [6.07, 6.45) is 7.85. The van der Waals surface area contributed by atoms with Gasteiger partial charge in [0.2, 0.25) is 0 Å². The van der Waals surface area contributed by atoms with Crippen LogP contribution in [0.15, 0.2) is 48.5 Å². The third-order valence-electron chi connectivity index (χ3n) is 5.04. The van der Waals surface area contributed by atoms with E-state index in [1.807, 2.05) is 24.3 Å². The number of hydrogen-bond acceptors (Lipinski definition) is 0. The van der Waals surface area contributed by atoms with Crippen molar-refractivity contribution in [3.63, 3.8) is 0 Å². The van der Waals surface area contributed by atoms with E-state index in [-0.39, 0.29) is 5.82 Å². The lowest BCUT2D eigenvalue weighted by Gasteiger charge is -2.25. The van der Waals surface area contributed by atoms with Gasteiger partial charge in [0.25, 0.3) is 0 Å². The standard InChI is InChI=1S/C25H25F/c1-2-3-20-4-6-21(7-5-20)8-9-22-10-12-23(13-11-22)14-15-24-16-18-25(26)19-17-24/h10-13,16-21H,2-7H2,1H3. The van der Waals surface area contributed by atoms with Gasteiger partial charge < -0.3 is 0 Å². The van der Waals surface area contributed by atoms with Crippen LogP contribution in [-0.2, 0) is 0 Å². The average Bonchev–Trinajstić information content (AvgIpc) is 2.68. The second-order valence-corrected chi connectivity index (χ2v) is 7.11. The maximum atomic E-state index is 12.9. The number of benzene rings is 2. The Labute approximate surface area is 156 Å². The van der Waals surface area contributed by atoms with E-state index in [2.05, 4.69) is 30.6 Å². The molecule has 0 unspecified atom stereocenters. The highest BCUT2D eigenvalue weighted by atomic mass is 19.1. The molecule has 0 spiro atoms. The fourth-order valence-corrected chi connectivity index (χ4v) is 3.50. The van der Waals surface area contributed by atoms with E-state index in [9.17, 15) is 4.39 Å². The summed E-state index contributed by atoms with van der Waals surface area (Å²) >= 11 is 0. The van der Waals surface area contributed by atoms with Crippen LogP contribution in [0.25, 0.3) is 0 Å². The van der Waals surface area contributed by atoms with Crippen LogP contribution < -0.4 is 0 Å². The predicted octanol–water partition coefficient (Wildman–Crippen LogP) is 6.18. The fourth-order valence-electron chi connectivity index (χ4n) is 3.50. The van der Waals surface area contributed by atoms with Crippen LogP contribution in [0, 0.1) is 41.3 Å². The van der Waals surface area contributed by atoms with E-state index in [1.54, 1.807) is 12.1 Å². The van der Waals surface area contributed by atoms with Crippen molar-refractivity contribution in [3.8, 4) is 23.7 Å². The molecule has 0 N–H and O–H groups in total. The van der Waals surface area contributed by atoms with Crippen LogP contribution in [0.2, 0.25) is 0 Å². The van der Waals surface area contributed by atoms with Gasteiger partial charge in [-0.05, 0) is 80.1 Å². The highest BCUT2D eigenvalue weighted by Gasteiger charge is 2.18. The molecule has 1 heteroatoms. The van der Waals surface area contributed by atoms with Gasteiger partial charge >= 0.3 is 0 Å². The van der Waals surface area contributed by atoms with Crippen molar-refractivity contribution in [1.29, 1.82) is 0 Å². The van der Waals surface area contributed by atoms with E-state index in [4.69, 9.17) is 0 Å². The van der Waals surface area contributed by atoms with Gasteiger partial charge in [0.15, 0.2) is 0 Å². The van der Waals surface area contributed by atoms with Crippen molar-refractivity contribution >= 4 is 0 Å². The Bertz CT molecular complexity index is 814. The summed E-state index contributed by atoms with van der Waals surface area (Å²) in [5.74, 6) is 14.2. The second-order valence-electron chi connectivity index (χ2n) is 7.11. The molecule has 0 nitrogen and oxygen atoms in total. The highest BCUT2D eigenvalue weighted by Crippen LogP contribution is 2.31. The topological polar surface area (TPSA) is 0 Å². The van der Waals surface area contributed by atoms with Crippen molar-refractivity contribution < 1.29 is 4.39 Å². The van der Waals surface area contributed by atoms with Gasteiger partial charge in [0.1, 0.15) is 5.82 Å². The molecule has 0 bridgehead atoms. The van der Waals surface area contributed by atoms with E-state index in [1.165, 1.54) is 50.7 Å². The first-order valence-corrected chi connectivity index (χ1v) is 9.62. The first kappa shape index (κ1) is 18.3. The number of halogens is 1. The van der Waals surface area contributed by atoms with Gasteiger partial charge in [-0.15, -0.1) is 0 Å². The summed E-state index contributed by atoms with van der Waals surface area (Å²) in [5, 5.41) is 0. The van der Waals surface area contributed by atoms with Crippen molar-refractivity contribution in [2.45, 2.75) is 45.4 Å². The maximum Gasteiger partial charge on any atom is 0.123 e. The Kier molecular flexibility index (Phi) is 6.51. The molecular weight excluding hydrogens is 319 g/mol. The second kappa shape index (κ2) is 9.26. The van der Waals surface area contributed by atoms with Gasteiger partial charge in [0, 0.05) is 22.6 Å². The van der Waals surface area contributed by atoms with E-state index >= 15 is 0 Å². The monoisotopic (exact) mass is 344 g/mol. The molecule has 0 aromatic heterocycles. The molecule has 2 aromatic carbocycles. The Morgan fingerprint density at radius 3 is 1.81 bits per heavy atom. The Morgan fingerprint density at radius 2 is 1.27 bits per heavy atom. The van der Waals surface area contributed by atoms with Crippen molar-refractivity contribution in [2.75, 3.05) is 0 Å². The summed E-state index contributed by atoms with van der Waals surface area (Å²) < 4.78 is 12.9. The van der Waals surface area contributed by atoms with Crippen LogP contribution in [-0.4, -0.2) is 0 Å². The number of hydrogen-bond donors (Lipinski definition) is 0. The fraction of sp³-hybridized carbons (Fsp3) is 0.360.